The van der Waals surface area contributed by atoms with Crippen LogP contribution < -0.4 is 5.32 Å². The van der Waals surface area contributed by atoms with Gasteiger partial charge in [0.25, 0.3) is 5.89 Å². The number of nitrogens with one attached hydrogen (secondary N) is 1. The van der Waals surface area contributed by atoms with E-state index in [0.29, 0.717) is 24.6 Å². The van der Waals surface area contributed by atoms with Crippen molar-refractivity contribution < 1.29 is 17.7 Å². The van der Waals surface area contributed by atoms with Gasteiger partial charge >= 0.3 is 0 Å². The normalized spacial score (nSPS) is 16.5. The standard InChI is InChI=1S/C17H22N4O4S/c1-12-7-9-21(10-8-12)26(23,24)14-5-3-13(4-6-14)17-19-15(20-25-17)11-16(22)18-2/h3-6,12H,7-11H2,1-2H3,(H,18,22). The van der Waals surface area contributed by atoms with Crippen LogP contribution in [0.5, 0.6) is 0 Å². The molecular weight excluding hydrogens is 356 g/mol. The van der Waals surface area contributed by atoms with Gasteiger partial charge in [0.2, 0.25) is 15.9 Å². The second-order valence-electron chi connectivity index (χ2n) is 6.48. The summed E-state index contributed by atoms with van der Waals surface area (Å²) in [6.45, 7) is 3.25. The average molecular weight is 378 g/mol. The summed E-state index contributed by atoms with van der Waals surface area (Å²) in [5.41, 5.74) is 0.604. The van der Waals surface area contributed by atoms with Crippen LogP contribution in [0.15, 0.2) is 33.7 Å². The van der Waals surface area contributed by atoms with Crippen molar-refractivity contribution in [3.8, 4) is 11.5 Å². The fraction of sp³-hybridized carbons (Fsp3) is 0.471. The number of carbonyl (C=O) groups excluding carboxylic acids is 1. The van der Waals surface area contributed by atoms with Crippen molar-refractivity contribution in [1.29, 1.82) is 0 Å². The number of amides is 1. The van der Waals surface area contributed by atoms with Crippen LogP contribution in [0.1, 0.15) is 25.6 Å². The van der Waals surface area contributed by atoms with Crippen molar-refractivity contribution in [3.05, 3.63) is 30.1 Å². The maximum Gasteiger partial charge on any atom is 0.257 e. The van der Waals surface area contributed by atoms with Gasteiger partial charge in [0.05, 0.1) is 11.3 Å². The van der Waals surface area contributed by atoms with Crippen molar-refractivity contribution in [3.63, 3.8) is 0 Å². The summed E-state index contributed by atoms with van der Waals surface area (Å²) in [6.07, 6.45) is 1.79. The summed E-state index contributed by atoms with van der Waals surface area (Å²) < 4.78 is 32.1. The number of benzene rings is 1. The number of carbonyl (C=O) groups is 1. The molecule has 26 heavy (non-hydrogen) atoms. The van der Waals surface area contributed by atoms with Gasteiger partial charge in [0, 0.05) is 25.7 Å². The van der Waals surface area contributed by atoms with E-state index in [9.17, 15) is 13.2 Å². The Hall–Kier alpha value is -2.26. The lowest BCUT2D eigenvalue weighted by atomic mass is 10.0. The summed E-state index contributed by atoms with van der Waals surface area (Å²) >= 11 is 0. The minimum Gasteiger partial charge on any atom is -0.359 e. The number of sulfonamides is 1. The molecule has 0 aliphatic carbocycles. The Morgan fingerprint density at radius 3 is 2.54 bits per heavy atom. The summed E-state index contributed by atoms with van der Waals surface area (Å²) in [5.74, 6) is 0.873. The molecule has 0 spiro atoms. The molecule has 1 N–H and O–H groups in total. The summed E-state index contributed by atoms with van der Waals surface area (Å²) in [4.78, 5) is 15.8. The van der Waals surface area contributed by atoms with Crippen molar-refractivity contribution >= 4 is 15.9 Å². The molecule has 8 nitrogen and oxygen atoms in total. The van der Waals surface area contributed by atoms with Crippen molar-refractivity contribution in [2.24, 2.45) is 5.92 Å². The number of piperidine rings is 1. The fourth-order valence-corrected chi connectivity index (χ4v) is 4.29. The number of nitrogens with zero attached hydrogens (tertiary/aromatic N) is 3. The third kappa shape index (κ3) is 3.94. The van der Waals surface area contributed by atoms with E-state index in [1.165, 1.54) is 11.4 Å². The molecular formula is C17H22N4O4S. The molecule has 0 bridgehead atoms. The Morgan fingerprint density at radius 1 is 1.27 bits per heavy atom. The molecule has 0 radical (unpaired) electrons. The summed E-state index contributed by atoms with van der Waals surface area (Å²) in [7, 11) is -1.95. The first-order chi connectivity index (χ1) is 12.4. The lowest BCUT2D eigenvalue weighted by Gasteiger charge is -2.29. The van der Waals surface area contributed by atoms with Crippen LogP contribution in [0.2, 0.25) is 0 Å². The predicted octanol–water partition coefficient (Wildman–Crippen LogP) is 1.45. The highest BCUT2D eigenvalue weighted by Gasteiger charge is 2.28. The Kier molecular flexibility index (Phi) is 5.38. The minimum absolute atomic E-state index is 0.0276. The molecule has 1 fully saturated rings. The van der Waals surface area contributed by atoms with Crippen LogP contribution in [0.3, 0.4) is 0 Å². The highest BCUT2D eigenvalue weighted by atomic mass is 32.2. The van der Waals surface area contributed by atoms with Gasteiger partial charge in [-0.1, -0.05) is 12.1 Å². The van der Waals surface area contributed by atoms with Crippen molar-refractivity contribution in [2.75, 3.05) is 20.1 Å². The van der Waals surface area contributed by atoms with Crippen LogP contribution in [-0.2, 0) is 21.2 Å². The van der Waals surface area contributed by atoms with Gasteiger partial charge in [-0.3, -0.25) is 4.79 Å². The second-order valence-corrected chi connectivity index (χ2v) is 8.41. The van der Waals surface area contributed by atoms with Gasteiger partial charge in [0.1, 0.15) is 0 Å². The monoisotopic (exact) mass is 378 g/mol. The van der Waals surface area contributed by atoms with E-state index in [4.69, 9.17) is 4.52 Å². The topological polar surface area (TPSA) is 105 Å². The first-order valence-electron chi connectivity index (χ1n) is 8.54. The zero-order chi connectivity index (χ0) is 18.7. The van der Waals surface area contributed by atoms with Gasteiger partial charge in [-0.05, 0) is 43.0 Å². The van der Waals surface area contributed by atoms with E-state index in [-0.39, 0.29) is 28.9 Å². The third-order valence-electron chi connectivity index (χ3n) is 4.55. The SMILES string of the molecule is CNC(=O)Cc1noc(-c2ccc(S(=O)(=O)N3CCC(C)CC3)cc2)n1. The molecule has 1 aromatic heterocycles. The maximum absolute atomic E-state index is 12.7. The molecule has 3 rings (SSSR count). The van der Waals surface area contributed by atoms with E-state index in [0.717, 1.165) is 12.8 Å². The van der Waals surface area contributed by atoms with E-state index in [1.54, 1.807) is 24.3 Å². The minimum atomic E-state index is -3.48. The van der Waals surface area contributed by atoms with Crippen LogP contribution in [-0.4, -0.2) is 48.9 Å². The molecule has 140 valence electrons. The molecule has 1 aliphatic heterocycles. The van der Waals surface area contributed by atoms with Gasteiger partial charge in [0.15, 0.2) is 5.82 Å². The number of hydrogen-bond acceptors (Lipinski definition) is 6. The molecule has 1 amide bonds. The molecule has 1 saturated heterocycles. The van der Waals surface area contributed by atoms with Gasteiger partial charge in [-0.15, -0.1) is 0 Å². The summed E-state index contributed by atoms with van der Waals surface area (Å²) in [6, 6.07) is 6.37. The molecule has 0 saturated carbocycles. The Labute approximate surface area is 152 Å². The predicted molar refractivity (Wildman–Crippen MR) is 94.7 cm³/mol. The van der Waals surface area contributed by atoms with Crippen LogP contribution >= 0.6 is 0 Å². The second kappa shape index (κ2) is 7.55. The lowest BCUT2D eigenvalue weighted by molar-refractivity contribution is -0.120. The number of aromatic nitrogens is 2. The molecule has 1 aromatic carbocycles. The number of rotatable bonds is 5. The summed E-state index contributed by atoms with van der Waals surface area (Å²) in [5, 5.41) is 6.25. The number of hydrogen-bond donors (Lipinski definition) is 1. The quantitative estimate of drug-likeness (QED) is 0.844. The highest BCUT2D eigenvalue weighted by Crippen LogP contribution is 2.25. The van der Waals surface area contributed by atoms with E-state index in [1.807, 2.05) is 0 Å². The van der Waals surface area contributed by atoms with Gasteiger partial charge < -0.3 is 9.84 Å². The molecule has 2 heterocycles. The highest BCUT2D eigenvalue weighted by molar-refractivity contribution is 7.89. The van der Waals surface area contributed by atoms with Gasteiger partial charge in [-0.2, -0.15) is 9.29 Å². The average Bonchev–Trinajstić information content (AvgIpc) is 3.10. The van der Waals surface area contributed by atoms with Crippen LogP contribution in [0.25, 0.3) is 11.5 Å². The molecule has 0 atom stereocenters. The Balaban J connectivity index is 1.75. The van der Waals surface area contributed by atoms with Gasteiger partial charge in [-0.25, -0.2) is 8.42 Å². The van der Waals surface area contributed by atoms with Crippen LogP contribution in [0.4, 0.5) is 0 Å². The van der Waals surface area contributed by atoms with Crippen molar-refractivity contribution in [1.82, 2.24) is 19.8 Å². The Morgan fingerprint density at radius 2 is 1.92 bits per heavy atom. The zero-order valence-electron chi connectivity index (χ0n) is 14.8. The smallest absolute Gasteiger partial charge is 0.257 e. The first-order valence-corrected chi connectivity index (χ1v) is 9.98. The lowest BCUT2D eigenvalue weighted by Crippen LogP contribution is -2.37. The fourth-order valence-electron chi connectivity index (χ4n) is 2.82. The van der Waals surface area contributed by atoms with E-state index < -0.39 is 10.0 Å². The largest absolute Gasteiger partial charge is 0.359 e. The maximum atomic E-state index is 12.7. The zero-order valence-corrected chi connectivity index (χ0v) is 15.6. The van der Waals surface area contributed by atoms with Crippen molar-refractivity contribution in [2.45, 2.75) is 31.1 Å². The van der Waals surface area contributed by atoms with E-state index in [2.05, 4.69) is 22.4 Å². The van der Waals surface area contributed by atoms with E-state index >= 15 is 0 Å². The van der Waals surface area contributed by atoms with Crippen LogP contribution in [0, 0.1) is 5.92 Å². The first kappa shape index (κ1) is 18.5. The molecule has 2 aromatic rings. The molecule has 0 unspecified atom stereocenters. The molecule has 9 heteroatoms. The third-order valence-corrected chi connectivity index (χ3v) is 6.46. The number of likely N-dealkylation sites (N-methyl/N-ethyl adjacent to an activating group) is 1. The molecule has 1 aliphatic rings. The Bertz CT molecular complexity index is 868.